The van der Waals surface area contributed by atoms with Crippen LogP contribution in [0.15, 0.2) is 18.2 Å². The molecule has 0 spiro atoms. The van der Waals surface area contributed by atoms with Crippen molar-refractivity contribution in [2.45, 2.75) is 33.2 Å². The molecule has 0 radical (unpaired) electrons. The zero-order valence-corrected chi connectivity index (χ0v) is 9.05. The standard InChI is InChI=1S/C12H18FN/c1-4-8(2)12(14)10-6-5-7-11(13)9(10)3/h5-8,12H,4,14H2,1-3H3/t8?,12-/m0/s1. The predicted molar refractivity (Wildman–Crippen MR) is 57.5 cm³/mol. The first-order valence-corrected chi connectivity index (χ1v) is 5.08. The van der Waals surface area contributed by atoms with Crippen LogP contribution in [0, 0.1) is 18.7 Å². The van der Waals surface area contributed by atoms with Crippen LogP contribution >= 0.6 is 0 Å². The van der Waals surface area contributed by atoms with Crippen molar-refractivity contribution in [1.29, 1.82) is 0 Å². The molecular weight excluding hydrogens is 177 g/mol. The van der Waals surface area contributed by atoms with Gasteiger partial charge in [0.15, 0.2) is 0 Å². The van der Waals surface area contributed by atoms with Crippen molar-refractivity contribution in [2.75, 3.05) is 0 Å². The minimum atomic E-state index is -0.166. The third-order valence-corrected chi connectivity index (χ3v) is 2.93. The summed E-state index contributed by atoms with van der Waals surface area (Å²) < 4.78 is 13.3. The molecule has 2 atom stereocenters. The summed E-state index contributed by atoms with van der Waals surface area (Å²) in [5, 5.41) is 0. The van der Waals surface area contributed by atoms with E-state index >= 15 is 0 Å². The number of hydrogen-bond acceptors (Lipinski definition) is 1. The van der Waals surface area contributed by atoms with E-state index in [0.717, 1.165) is 12.0 Å². The van der Waals surface area contributed by atoms with Crippen molar-refractivity contribution in [1.82, 2.24) is 0 Å². The molecule has 1 nitrogen and oxygen atoms in total. The molecule has 78 valence electrons. The van der Waals surface area contributed by atoms with Gasteiger partial charge in [-0.15, -0.1) is 0 Å². The summed E-state index contributed by atoms with van der Waals surface area (Å²) in [5.74, 6) is 0.219. The molecule has 0 aliphatic carbocycles. The molecular formula is C12H18FN. The summed E-state index contributed by atoms with van der Waals surface area (Å²) in [4.78, 5) is 0. The van der Waals surface area contributed by atoms with Crippen molar-refractivity contribution in [3.8, 4) is 0 Å². The minimum Gasteiger partial charge on any atom is -0.324 e. The van der Waals surface area contributed by atoms with Crippen LogP contribution in [0.3, 0.4) is 0 Å². The second-order valence-corrected chi connectivity index (χ2v) is 3.87. The molecule has 0 bridgehead atoms. The van der Waals surface area contributed by atoms with E-state index in [9.17, 15) is 4.39 Å². The lowest BCUT2D eigenvalue weighted by molar-refractivity contribution is 0.452. The van der Waals surface area contributed by atoms with Gasteiger partial charge in [0.1, 0.15) is 5.82 Å². The Hall–Kier alpha value is -0.890. The summed E-state index contributed by atoms with van der Waals surface area (Å²) in [6.45, 7) is 5.97. The SMILES string of the molecule is CCC(C)[C@H](N)c1cccc(F)c1C. The number of benzene rings is 1. The van der Waals surface area contributed by atoms with Crippen molar-refractivity contribution in [3.05, 3.63) is 35.1 Å². The number of nitrogens with two attached hydrogens (primary N) is 1. The Kier molecular flexibility index (Phi) is 3.64. The van der Waals surface area contributed by atoms with E-state index in [1.165, 1.54) is 6.07 Å². The number of halogens is 1. The lowest BCUT2D eigenvalue weighted by atomic mass is 9.90. The van der Waals surface area contributed by atoms with Crippen LogP contribution in [-0.4, -0.2) is 0 Å². The third-order valence-electron chi connectivity index (χ3n) is 2.93. The lowest BCUT2D eigenvalue weighted by Gasteiger charge is -2.20. The van der Waals surface area contributed by atoms with Crippen LogP contribution in [0.25, 0.3) is 0 Å². The first-order chi connectivity index (χ1) is 6.57. The normalized spacial score (nSPS) is 15.2. The topological polar surface area (TPSA) is 26.0 Å². The third kappa shape index (κ3) is 2.13. The highest BCUT2D eigenvalue weighted by molar-refractivity contribution is 5.30. The fourth-order valence-electron chi connectivity index (χ4n) is 1.55. The molecule has 0 aliphatic rings. The first-order valence-electron chi connectivity index (χ1n) is 5.08. The van der Waals surface area contributed by atoms with Crippen molar-refractivity contribution in [3.63, 3.8) is 0 Å². The van der Waals surface area contributed by atoms with Crippen molar-refractivity contribution < 1.29 is 4.39 Å². The molecule has 0 fully saturated rings. The van der Waals surface area contributed by atoms with Gasteiger partial charge in [-0.25, -0.2) is 4.39 Å². The molecule has 1 rings (SSSR count). The molecule has 2 N–H and O–H groups in total. The van der Waals surface area contributed by atoms with E-state index in [1.807, 2.05) is 6.07 Å². The summed E-state index contributed by atoms with van der Waals surface area (Å²) in [6, 6.07) is 5.05. The Morgan fingerprint density at radius 1 is 1.43 bits per heavy atom. The highest BCUT2D eigenvalue weighted by Crippen LogP contribution is 2.25. The molecule has 14 heavy (non-hydrogen) atoms. The fraction of sp³-hybridized carbons (Fsp3) is 0.500. The Morgan fingerprint density at radius 2 is 2.07 bits per heavy atom. The zero-order chi connectivity index (χ0) is 10.7. The zero-order valence-electron chi connectivity index (χ0n) is 9.05. The average molecular weight is 195 g/mol. The van der Waals surface area contributed by atoms with E-state index in [2.05, 4.69) is 13.8 Å². The van der Waals surface area contributed by atoms with Crippen LogP contribution in [0.1, 0.15) is 37.4 Å². The van der Waals surface area contributed by atoms with Gasteiger partial charge in [0.25, 0.3) is 0 Å². The van der Waals surface area contributed by atoms with Gasteiger partial charge in [-0.2, -0.15) is 0 Å². The smallest absolute Gasteiger partial charge is 0.126 e. The van der Waals surface area contributed by atoms with E-state index in [4.69, 9.17) is 5.73 Å². The molecule has 1 unspecified atom stereocenters. The quantitative estimate of drug-likeness (QED) is 0.787. The van der Waals surface area contributed by atoms with Gasteiger partial charge in [-0.05, 0) is 30.0 Å². The van der Waals surface area contributed by atoms with Crippen molar-refractivity contribution in [2.24, 2.45) is 11.7 Å². The highest BCUT2D eigenvalue weighted by atomic mass is 19.1. The largest absolute Gasteiger partial charge is 0.324 e. The molecule has 1 aromatic carbocycles. The summed E-state index contributed by atoms with van der Waals surface area (Å²) in [6.07, 6.45) is 1.01. The summed E-state index contributed by atoms with van der Waals surface area (Å²) in [7, 11) is 0. The highest BCUT2D eigenvalue weighted by Gasteiger charge is 2.16. The summed E-state index contributed by atoms with van der Waals surface area (Å²) >= 11 is 0. The van der Waals surface area contributed by atoms with E-state index < -0.39 is 0 Å². The maximum absolute atomic E-state index is 13.3. The molecule has 2 heteroatoms. The Labute approximate surface area is 85.1 Å². The lowest BCUT2D eigenvalue weighted by Crippen LogP contribution is -2.19. The molecule has 0 saturated carbocycles. The van der Waals surface area contributed by atoms with E-state index in [0.29, 0.717) is 11.5 Å². The second kappa shape index (κ2) is 4.56. The first kappa shape index (κ1) is 11.2. The Bertz CT molecular complexity index is 309. The predicted octanol–water partition coefficient (Wildman–Crippen LogP) is 3.18. The molecule has 1 aromatic rings. The van der Waals surface area contributed by atoms with Gasteiger partial charge in [-0.3, -0.25) is 0 Å². The maximum Gasteiger partial charge on any atom is 0.126 e. The van der Waals surface area contributed by atoms with Crippen LogP contribution in [0.2, 0.25) is 0 Å². The monoisotopic (exact) mass is 195 g/mol. The fourth-order valence-corrected chi connectivity index (χ4v) is 1.55. The van der Waals surface area contributed by atoms with Gasteiger partial charge in [0.05, 0.1) is 0 Å². The Morgan fingerprint density at radius 3 is 2.64 bits per heavy atom. The van der Waals surface area contributed by atoms with Gasteiger partial charge in [-0.1, -0.05) is 32.4 Å². The molecule has 0 saturated heterocycles. The summed E-state index contributed by atoms with van der Waals surface area (Å²) in [5.41, 5.74) is 7.66. The molecule has 0 aromatic heterocycles. The van der Waals surface area contributed by atoms with Gasteiger partial charge in [0.2, 0.25) is 0 Å². The average Bonchev–Trinajstić information content (AvgIpc) is 2.20. The molecule has 0 heterocycles. The van der Waals surface area contributed by atoms with E-state index in [-0.39, 0.29) is 11.9 Å². The van der Waals surface area contributed by atoms with Gasteiger partial charge >= 0.3 is 0 Å². The van der Waals surface area contributed by atoms with Gasteiger partial charge in [0, 0.05) is 6.04 Å². The van der Waals surface area contributed by atoms with Gasteiger partial charge < -0.3 is 5.73 Å². The minimum absolute atomic E-state index is 0.0595. The maximum atomic E-state index is 13.3. The van der Waals surface area contributed by atoms with Crippen LogP contribution in [0.4, 0.5) is 4.39 Å². The number of rotatable bonds is 3. The molecule has 0 aliphatic heterocycles. The molecule has 0 amide bonds. The van der Waals surface area contributed by atoms with Crippen LogP contribution < -0.4 is 5.73 Å². The van der Waals surface area contributed by atoms with Crippen LogP contribution in [-0.2, 0) is 0 Å². The number of hydrogen-bond donors (Lipinski definition) is 1. The van der Waals surface area contributed by atoms with Crippen LogP contribution in [0.5, 0.6) is 0 Å². The van der Waals surface area contributed by atoms with E-state index in [1.54, 1.807) is 13.0 Å². The Balaban J connectivity index is 3.01. The van der Waals surface area contributed by atoms with Crippen molar-refractivity contribution >= 4 is 0 Å². The second-order valence-electron chi connectivity index (χ2n) is 3.87.